The van der Waals surface area contributed by atoms with Gasteiger partial charge in [-0.2, -0.15) is 0 Å². The zero-order chi connectivity index (χ0) is 21.7. The van der Waals surface area contributed by atoms with E-state index in [0.717, 1.165) is 5.56 Å². The number of likely N-dealkylation sites (tertiary alicyclic amines) is 1. The monoisotopic (exact) mass is 409 g/mol. The van der Waals surface area contributed by atoms with Crippen LogP contribution in [0.5, 0.6) is 0 Å². The number of nitrogens with two attached hydrogens (primary N) is 1. The van der Waals surface area contributed by atoms with Gasteiger partial charge >= 0.3 is 5.97 Å². The van der Waals surface area contributed by atoms with Crippen LogP contribution in [0, 0.1) is 5.92 Å². The molecule has 0 bridgehead atoms. The number of amides is 3. The van der Waals surface area contributed by atoms with Gasteiger partial charge in [0.05, 0.1) is 5.92 Å². The van der Waals surface area contributed by atoms with Crippen molar-refractivity contribution in [2.75, 3.05) is 11.9 Å². The molecule has 3 rings (SSSR count). The fourth-order valence-corrected chi connectivity index (χ4v) is 3.17. The van der Waals surface area contributed by atoms with E-state index in [9.17, 15) is 19.2 Å². The van der Waals surface area contributed by atoms with Crippen LogP contribution in [0.1, 0.15) is 29.3 Å². The summed E-state index contributed by atoms with van der Waals surface area (Å²) in [4.78, 5) is 49.7. The first-order valence-electron chi connectivity index (χ1n) is 9.56. The average molecular weight is 409 g/mol. The molecule has 2 aromatic rings. The Morgan fingerprint density at radius 3 is 2.43 bits per heavy atom. The van der Waals surface area contributed by atoms with Crippen molar-refractivity contribution in [3.8, 4) is 0 Å². The molecule has 0 radical (unpaired) electrons. The topological polar surface area (TPSA) is 119 Å². The largest absolute Gasteiger partial charge is 0.452 e. The van der Waals surface area contributed by atoms with Crippen molar-refractivity contribution in [2.45, 2.75) is 26.0 Å². The second kappa shape index (κ2) is 9.21. The third kappa shape index (κ3) is 5.22. The van der Waals surface area contributed by atoms with Crippen molar-refractivity contribution < 1.29 is 23.9 Å². The van der Waals surface area contributed by atoms with E-state index < -0.39 is 29.8 Å². The average Bonchev–Trinajstić information content (AvgIpc) is 3.09. The van der Waals surface area contributed by atoms with Gasteiger partial charge in [-0.05, 0) is 36.8 Å². The fourth-order valence-electron chi connectivity index (χ4n) is 3.17. The van der Waals surface area contributed by atoms with Crippen molar-refractivity contribution in [2.24, 2.45) is 11.7 Å². The Bertz CT molecular complexity index is 943. The lowest BCUT2D eigenvalue weighted by molar-refractivity contribution is -0.157. The highest BCUT2D eigenvalue weighted by Gasteiger charge is 2.36. The quantitative estimate of drug-likeness (QED) is 0.675. The second-order valence-electron chi connectivity index (χ2n) is 7.17. The van der Waals surface area contributed by atoms with Crippen molar-refractivity contribution in [3.63, 3.8) is 0 Å². The molecule has 156 valence electrons. The molecule has 2 atom stereocenters. The first-order valence-corrected chi connectivity index (χ1v) is 9.56. The van der Waals surface area contributed by atoms with E-state index in [1.165, 1.54) is 31.2 Å². The molecular weight excluding hydrogens is 386 g/mol. The Kier molecular flexibility index (Phi) is 6.46. The van der Waals surface area contributed by atoms with Crippen LogP contribution >= 0.6 is 0 Å². The summed E-state index contributed by atoms with van der Waals surface area (Å²) in [5.41, 5.74) is 6.92. The summed E-state index contributed by atoms with van der Waals surface area (Å²) in [7, 11) is 0. The van der Waals surface area contributed by atoms with Crippen LogP contribution in [0.25, 0.3) is 0 Å². The van der Waals surface area contributed by atoms with Crippen LogP contribution in [0.4, 0.5) is 5.69 Å². The SMILES string of the molecule is C[C@H](OC(=O)[C@@H]1CC(=O)N(Cc2ccccc2)C1)C(=O)Nc1ccc(C(N)=O)cc1. The smallest absolute Gasteiger partial charge is 0.312 e. The van der Waals surface area contributed by atoms with Crippen molar-refractivity contribution >= 4 is 29.4 Å². The van der Waals surface area contributed by atoms with E-state index in [4.69, 9.17) is 10.5 Å². The number of carbonyl (C=O) groups excluding carboxylic acids is 4. The van der Waals surface area contributed by atoms with Gasteiger partial charge in [-0.3, -0.25) is 19.2 Å². The summed E-state index contributed by atoms with van der Waals surface area (Å²) in [5, 5.41) is 2.61. The molecule has 30 heavy (non-hydrogen) atoms. The number of esters is 1. The van der Waals surface area contributed by atoms with E-state index in [0.29, 0.717) is 17.8 Å². The molecule has 8 heteroatoms. The van der Waals surface area contributed by atoms with E-state index in [2.05, 4.69) is 5.32 Å². The molecule has 3 amide bonds. The lowest BCUT2D eigenvalue weighted by Gasteiger charge is -2.18. The molecule has 8 nitrogen and oxygen atoms in total. The Hall–Kier alpha value is -3.68. The van der Waals surface area contributed by atoms with Gasteiger partial charge in [0.1, 0.15) is 0 Å². The molecule has 0 saturated carbocycles. The maximum Gasteiger partial charge on any atom is 0.312 e. The molecule has 1 heterocycles. The molecule has 0 aromatic heterocycles. The van der Waals surface area contributed by atoms with Gasteiger partial charge < -0.3 is 20.7 Å². The maximum absolute atomic E-state index is 12.4. The highest BCUT2D eigenvalue weighted by molar-refractivity contribution is 5.97. The van der Waals surface area contributed by atoms with Gasteiger partial charge in [-0.1, -0.05) is 30.3 Å². The van der Waals surface area contributed by atoms with Crippen molar-refractivity contribution in [1.29, 1.82) is 0 Å². The maximum atomic E-state index is 12.4. The molecule has 0 unspecified atom stereocenters. The standard InChI is InChI=1S/C22H23N3O5/c1-14(21(28)24-18-9-7-16(8-10-18)20(23)27)30-22(29)17-11-19(26)25(13-17)12-15-5-3-2-4-6-15/h2-10,14,17H,11-13H2,1H3,(H2,23,27)(H,24,28)/t14-,17+/m0/s1. The van der Waals surface area contributed by atoms with Crippen LogP contribution in [-0.4, -0.2) is 41.2 Å². The molecule has 1 aliphatic rings. The number of anilines is 1. The third-order valence-electron chi connectivity index (χ3n) is 4.86. The molecular formula is C22H23N3O5. The minimum atomic E-state index is -1.04. The summed E-state index contributed by atoms with van der Waals surface area (Å²) in [6.45, 7) is 2.15. The summed E-state index contributed by atoms with van der Waals surface area (Å²) in [6.07, 6.45) is -0.971. The molecule has 3 N–H and O–H groups in total. The van der Waals surface area contributed by atoms with Crippen LogP contribution in [0.15, 0.2) is 54.6 Å². The normalized spacial score (nSPS) is 16.8. The first kappa shape index (κ1) is 21.0. The predicted octanol–water partition coefficient (Wildman–Crippen LogP) is 1.70. The molecule has 1 saturated heterocycles. The highest BCUT2D eigenvalue weighted by Crippen LogP contribution is 2.22. The van der Waals surface area contributed by atoms with E-state index in [1.807, 2.05) is 30.3 Å². The van der Waals surface area contributed by atoms with Crippen LogP contribution in [-0.2, 0) is 25.7 Å². The summed E-state index contributed by atoms with van der Waals surface area (Å²) in [5.74, 6) is -2.38. The number of nitrogens with one attached hydrogen (secondary N) is 1. The van der Waals surface area contributed by atoms with E-state index in [-0.39, 0.29) is 18.9 Å². The number of carbonyl (C=O) groups is 4. The number of benzene rings is 2. The Morgan fingerprint density at radius 1 is 1.13 bits per heavy atom. The summed E-state index contributed by atoms with van der Waals surface area (Å²) >= 11 is 0. The number of nitrogens with zero attached hydrogens (tertiary/aromatic N) is 1. The zero-order valence-electron chi connectivity index (χ0n) is 16.5. The van der Waals surface area contributed by atoms with E-state index in [1.54, 1.807) is 4.90 Å². The van der Waals surface area contributed by atoms with Crippen molar-refractivity contribution in [3.05, 3.63) is 65.7 Å². The lowest BCUT2D eigenvalue weighted by atomic mass is 10.1. The minimum Gasteiger partial charge on any atom is -0.452 e. The summed E-state index contributed by atoms with van der Waals surface area (Å²) < 4.78 is 5.27. The Balaban J connectivity index is 1.51. The Morgan fingerprint density at radius 2 is 1.80 bits per heavy atom. The first-order chi connectivity index (χ1) is 14.3. The van der Waals surface area contributed by atoms with Crippen molar-refractivity contribution in [1.82, 2.24) is 4.90 Å². The van der Waals surface area contributed by atoms with Crippen LogP contribution < -0.4 is 11.1 Å². The molecule has 1 aliphatic heterocycles. The van der Waals surface area contributed by atoms with Gasteiger partial charge in [0.15, 0.2) is 6.10 Å². The molecule has 0 spiro atoms. The van der Waals surface area contributed by atoms with E-state index >= 15 is 0 Å². The zero-order valence-corrected chi connectivity index (χ0v) is 16.5. The van der Waals surface area contributed by atoms with Crippen LogP contribution in [0.2, 0.25) is 0 Å². The van der Waals surface area contributed by atoms with Gasteiger partial charge in [-0.15, -0.1) is 0 Å². The van der Waals surface area contributed by atoms with Gasteiger partial charge in [-0.25, -0.2) is 0 Å². The number of hydrogen-bond acceptors (Lipinski definition) is 5. The number of rotatable bonds is 7. The number of ether oxygens (including phenoxy) is 1. The van der Waals surface area contributed by atoms with Gasteiger partial charge in [0, 0.05) is 30.8 Å². The fraction of sp³-hybridized carbons (Fsp3) is 0.273. The number of hydrogen-bond donors (Lipinski definition) is 2. The number of primary amides is 1. The lowest BCUT2D eigenvalue weighted by Crippen LogP contribution is -2.33. The predicted molar refractivity (Wildman–Crippen MR) is 109 cm³/mol. The molecule has 0 aliphatic carbocycles. The minimum absolute atomic E-state index is 0.0641. The van der Waals surface area contributed by atoms with Gasteiger partial charge in [0.25, 0.3) is 5.91 Å². The van der Waals surface area contributed by atoms with Crippen LogP contribution in [0.3, 0.4) is 0 Å². The second-order valence-corrected chi connectivity index (χ2v) is 7.17. The summed E-state index contributed by atoms with van der Waals surface area (Å²) in [6, 6.07) is 15.6. The highest BCUT2D eigenvalue weighted by atomic mass is 16.5. The van der Waals surface area contributed by atoms with Gasteiger partial charge in [0.2, 0.25) is 11.8 Å². The molecule has 2 aromatic carbocycles. The molecule has 1 fully saturated rings. The third-order valence-corrected chi connectivity index (χ3v) is 4.86. The Labute approximate surface area is 174 Å².